The van der Waals surface area contributed by atoms with Gasteiger partial charge >= 0.3 is 0 Å². The topological polar surface area (TPSA) is 60.9 Å². The fourth-order valence-electron chi connectivity index (χ4n) is 2.84. The number of fused-ring (bicyclic) bond motifs is 1. The molecular formula is C14H19N3O. The summed E-state index contributed by atoms with van der Waals surface area (Å²) < 4.78 is 0. The van der Waals surface area contributed by atoms with Gasteiger partial charge in [-0.1, -0.05) is 12.1 Å². The summed E-state index contributed by atoms with van der Waals surface area (Å²) in [6.07, 6.45) is 3.26. The predicted molar refractivity (Wildman–Crippen MR) is 71.3 cm³/mol. The van der Waals surface area contributed by atoms with E-state index in [-0.39, 0.29) is 11.6 Å². The molecule has 0 unspecified atom stereocenters. The van der Waals surface area contributed by atoms with Crippen LogP contribution in [0, 0.1) is 0 Å². The van der Waals surface area contributed by atoms with Crippen LogP contribution in [0.5, 0.6) is 0 Å². The average Bonchev–Trinajstić information content (AvgIpc) is 2.93. The van der Waals surface area contributed by atoms with Crippen molar-refractivity contribution in [3.63, 3.8) is 0 Å². The third-order valence-electron chi connectivity index (χ3n) is 3.84. The van der Waals surface area contributed by atoms with Crippen molar-refractivity contribution in [3.05, 3.63) is 30.1 Å². The molecule has 18 heavy (non-hydrogen) atoms. The van der Waals surface area contributed by atoms with Gasteiger partial charge in [-0.3, -0.25) is 0 Å². The molecule has 1 aliphatic rings. The zero-order chi connectivity index (χ0) is 12.8. The first-order valence-electron chi connectivity index (χ1n) is 6.45. The van der Waals surface area contributed by atoms with Gasteiger partial charge in [-0.05, 0) is 32.8 Å². The molecule has 1 aromatic heterocycles. The van der Waals surface area contributed by atoms with Gasteiger partial charge in [0.15, 0.2) is 0 Å². The smallest absolute Gasteiger partial charge is 0.0964 e. The highest BCUT2D eigenvalue weighted by Gasteiger charge is 2.35. The standard InChI is InChI=1S/C14H19N3O/c1-14(2)7-6-11(17-14)13(18)9-4-3-5-10-12(9)16-8-15-10/h3-5,8,11,13,17-18H,6-7H2,1-2H3,(H,15,16)/t11-,13+/m0/s1. The van der Waals surface area contributed by atoms with E-state index in [0.717, 1.165) is 29.4 Å². The number of nitrogens with zero attached hydrogens (tertiary/aromatic N) is 1. The summed E-state index contributed by atoms with van der Waals surface area (Å²) in [6.45, 7) is 4.35. The van der Waals surface area contributed by atoms with Crippen molar-refractivity contribution in [2.75, 3.05) is 0 Å². The molecule has 0 amide bonds. The Morgan fingerprint density at radius 3 is 3.00 bits per heavy atom. The van der Waals surface area contributed by atoms with Crippen molar-refractivity contribution in [3.8, 4) is 0 Å². The molecule has 1 saturated heterocycles. The van der Waals surface area contributed by atoms with Crippen LogP contribution >= 0.6 is 0 Å². The fraction of sp³-hybridized carbons (Fsp3) is 0.500. The number of benzene rings is 1. The SMILES string of the molecule is CC1(C)CC[C@@H]([C@H](O)c2cccc3[nH]cnc23)N1. The maximum Gasteiger partial charge on any atom is 0.0964 e. The molecule has 3 rings (SSSR count). The highest BCUT2D eigenvalue weighted by Crippen LogP contribution is 2.32. The highest BCUT2D eigenvalue weighted by molar-refractivity contribution is 5.78. The van der Waals surface area contributed by atoms with Crippen molar-refractivity contribution >= 4 is 11.0 Å². The van der Waals surface area contributed by atoms with Gasteiger partial charge in [-0.25, -0.2) is 4.98 Å². The van der Waals surface area contributed by atoms with Crippen LogP contribution in [-0.2, 0) is 0 Å². The lowest BCUT2D eigenvalue weighted by molar-refractivity contribution is 0.133. The third kappa shape index (κ3) is 1.91. The number of aliphatic hydroxyl groups is 1. The van der Waals surface area contributed by atoms with E-state index in [1.807, 2.05) is 18.2 Å². The van der Waals surface area contributed by atoms with E-state index in [1.165, 1.54) is 0 Å². The predicted octanol–water partition coefficient (Wildman–Crippen LogP) is 2.13. The maximum absolute atomic E-state index is 10.6. The number of nitrogens with one attached hydrogen (secondary N) is 2. The number of hydrogen-bond donors (Lipinski definition) is 3. The number of aromatic amines is 1. The molecule has 0 spiro atoms. The summed E-state index contributed by atoms with van der Waals surface area (Å²) in [7, 11) is 0. The third-order valence-corrected chi connectivity index (χ3v) is 3.84. The van der Waals surface area contributed by atoms with E-state index in [9.17, 15) is 5.11 Å². The molecule has 2 aromatic rings. The van der Waals surface area contributed by atoms with Gasteiger partial charge in [0.1, 0.15) is 0 Å². The number of rotatable bonds is 2. The van der Waals surface area contributed by atoms with Crippen molar-refractivity contribution in [2.45, 2.75) is 44.4 Å². The molecule has 96 valence electrons. The van der Waals surface area contributed by atoms with Gasteiger partial charge in [-0.15, -0.1) is 0 Å². The Hall–Kier alpha value is -1.39. The lowest BCUT2D eigenvalue weighted by Crippen LogP contribution is -2.40. The number of aromatic nitrogens is 2. The molecule has 0 bridgehead atoms. The van der Waals surface area contributed by atoms with Gasteiger partial charge in [0, 0.05) is 17.1 Å². The molecule has 0 aliphatic carbocycles. The molecule has 3 N–H and O–H groups in total. The Kier molecular flexibility index (Phi) is 2.64. The second-order valence-electron chi connectivity index (χ2n) is 5.76. The van der Waals surface area contributed by atoms with Crippen LogP contribution in [0.3, 0.4) is 0 Å². The quantitative estimate of drug-likeness (QED) is 0.759. The van der Waals surface area contributed by atoms with E-state index in [1.54, 1.807) is 6.33 Å². The zero-order valence-corrected chi connectivity index (χ0v) is 10.8. The largest absolute Gasteiger partial charge is 0.387 e. The van der Waals surface area contributed by atoms with Crippen LogP contribution in [0.2, 0.25) is 0 Å². The number of imidazole rings is 1. The summed E-state index contributed by atoms with van der Waals surface area (Å²) in [4.78, 5) is 7.38. The minimum Gasteiger partial charge on any atom is -0.387 e. The summed E-state index contributed by atoms with van der Waals surface area (Å²) in [5.74, 6) is 0. The minimum absolute atomic E-state index is 0.113. The summed E-state index contributed by atoms with van der Waals surface area (Å²) in [6, 6.07) is 6.01. The number of H-pyrrole nitrogens is 1. The number of aliphatic hydroxyl groups excluding tert-OH is 1. The number of para-hydroxylation sites is 1. The molecule has 4 heteroatoms. The fourth-order valence-corrected chi connectivity index (χ4v) is 2.84. The maximum atomic E-state index is 10.6. The molecule has 2 atom stereocenters. The van der Waals surface area contributed by atoms with E-state index >= 15 is 0 Å². The van der Waals surface area contributed by atoms with Gasteiger partial charge in [0.2, 0.25) is 0 Å². The Morgan fingerprint density at radius 2 is 2.28 bits per heavy atom. The summed E-state index contributed by atoms with van der Waals surface area (Å²) in [5, 5.41) is 14.0. The average molecular weight is 245 g/mol. The van der Waals surface area contributed by atoms with Crippen LogP contribution in [0.4, 0.5) is 0 Å². The van der Waals surface area contributed by atoms with Gasteiger partial charge in [0.05, 0.1) is 23.5 Å². The first-order valence-corrected chi connectivity index (χ1v) is 6.45. The van der Waals surface area contributed by atoms with E-state index in [2.05, 4.69) is 29.1 Å². The lowest BCUT2D eigenvalue weighted by atomic mass is 9.99. The monoisotopic (exact) mass is 245 g/mol. The van der Waals surface area contributed by atoms with Gasteiger partial charge in [-0.2, -0.15) is 0 Å². The molecule has 0 saturated carbocycles. The molecule has 1 aliphatic heterocycles. The molecular weight excluding hydrogens is 226 g/mol. The van der Waals surface area contributed by atoms with Crippen LogP contribution in [0.15, 0.2) is 24.5 Å². The molecule has 4 nitrogen and oxygen atoms in total. The van der Waals surface area contributed by atoms with Crippen LogP contribution in [0.1, 0.15) is 38.4 Å². The first-order chi connectivity index (χ1) is 8.57. The van der Waals surface area contributed by atoms with Gasteiger partial charge < -0.3 is 15.4 Å². The normalized spacial score (nSPS) is 24.5. The van der Waals surface area contributed by atoms with E-state index in [4.69, 9.17) is 0 Å². The van der Waals surface area contributed by atoms with E-state index < -0.39 is 6.10 Å². The van der Waals surface area contributed by atoms with Crippen molar-refractivity contribution in [1.29, 1.82) is 0 Å². The van der Waals surface area contributed by atoms with E-state index in [0.29, 0.717) is 0 Å². The van der Waals surface area contributed by atoms with Crippen molar-refractivity contribution < 1.29 is 5.11 Å². The van der Waals surface area contributed by atoms with Crippen molar-refractivity contribution in [1.82, 2.24) is 15.3 Å². The summed E-state index contributed by atoms with van der Waals surface area (Å²) >= 11 is 0. The lowest BCUT2D eigenvalue weighted by Gasteiger charge is -2.24. The second-order valence-corrected chi connectivity index (χ2v) is 5.76. The first kappa shape index (κ1) is 11.7. The Bertz CT molecular complexity index is 561. The number of hydrogen-bond acceptors (Lipinski definition) is 3. The molecule has 1 aromatic carbocycles. The molecule has 2 heterocycles. The Labute approximate surface area is 106 Å². The van der Waals surface area contributed by atoms with Crippen LogP contribution in [0.25, 0.3) is 11.0 Å². The summed E-state index contributed by atoms with van der Waals surface area (Å²) in [5.41, 5.74) is 2.87. The molecule has 1 fully saturated rings. The van der Waals surface area contributed by atoms with Gasteiger partial charge in [0.25, 0.3) is 0 Å². The highest BCUT2D eigenvalue weighted by atomic mass is 16.3. The van der Waals surface area contributed by atoms with Crippen LogP contribution < -0.4 is 5.32 Å². The minimum atomic E-state index is -0.501. The molecule has 0 radical (unpaired) electrons. The van der Waals surface area contributed by atoms with Crippen LogP contribution in [-0.4, -0.2) is 26.7 Å². The Morgan fingerprint density at radius 1 is 1.44 bits per heavy atom. The Balaban J connectivity index is 1.93. The zero-order valence-electron chi connectivity index (χ0n) is 10.8. The second kappa shape index (κ2) is 4.07. The van der Waals surface area contributed by atoms with Crippen molar-refractivity contribution in [2.24, 2.45) is 0 Å².